The van der Waals surface area contributed by atoms with Crippen LogP contribution in [0.15, 0.2) is 71.6 Å². The molecule has 1 aliphatic rings. The lowest BCUT2D eigenvalue weighted by Crippen LogP contribution is -2.31. The molecule has 1 aromatic rings. The second-order valence-corrected chi connectivity index (χ2v) is 18.8. The highest BCUT2D eigenvalue weighted by molar-refractivity contribution is 5.74. The predicted molar refractivity (Wildman–Crippen MR) is 284 cm³/mol. The Bertz CT molecular complexity index is 1410. The Morgan fingerprint density at radius 3 is 1.63 bits per heavy atom. The lowest BCUT2D eigenvalue weighted by atomic mass is 9.67. The third-order valence-corrected chi connectivity index (χ3v) is 11.4. The van der Waals surface area contributed by atoms with Crippen LogP contribution >= 0.6 is 0 Å². The Kier molecular flexibility index (Phi) is 40.4. The number of halogens is 1. The van der Waals surface area contributed by atoms with E-state index in [1.54, 1.807) is 0 Å². The van der Waals surface area contributed by atoms with Crippen molar-refractivity contribution in [2.24, 2.45) is 29.6 Å². The number of aryl methyl sites for hydroxylation is 1. The van der Waals surface area contributed by atoms with E-state index in [1.807, 2.05) is 41.7 Å². The van der Waals surface area contributed by atoms with E-state index in [-0.39, 0.29) is 23.2 Å². The normalized spacial score (nSPS) is 15.7. The van der Waals surface area contributed by atoms with Crippen LogP contribution in [0.25, 0.3) is 5.57 Å². The molecular weight excluding hydrogens is 758 g/mol. The van der Waals surface area contributed by atoms with Gasteiger partial charge in [-0.15, -0.1) is 12.8 Å². The zero-order chi connectivity index (χ0) is 49.2. The lowest BCUT2D eigenvalue weighted by Gasteiger charge is -2.36. The standard InChI is InChI=1S/C34H54FN3.2C7H16.C6H12.C2H6.C2H2/c1-14-18-34(19-15-2,23(5)6)30-17-16-29(20-26(30)10)25(9)21-31(36-13)33(37-24(7)8)28(12)38-32(22(3)4)27(11)35;1-4-5-6-7(2)3;1-4-6-7(3)5-2;1-5-3-6(2)4-5;2*1-2/h16-17,20-22,24,36-38H,5,9,14-15,18-19H2,1-4,6-8,10-13H3;2*7H,4-6H2,1-3H3;5-6H,3-4H2,1-2H3;1-2H3;1-2H/b31-21+,32-27-,33-28-;;;;;. The first kappa shape index (κ1) is 65.4. The molecule has 62 heavy (non-hydrogen) atoms. The summed E-state index contributed by atoms with van der Waals surface area (Å²) in [6.45, 7) is 51.6. The molecule has 3 N–H and O–H groups in total. The zero-order valence-electron chi connectivity index (χ0n) is 45.2. The van der Waals surface area contributed by atoms with E-state index in [2.05, 4.69) is 163 Å². The number of rotatable bonds is 21. The Balaban J connectivity index is -0.000000563. The van der Waals surface area contributed by atoms with Gasteiger partial charge in [-0.1, -0.05) is 185 Å². The predicted octanol–water partition coefficient (Wildman–Crippen LogP) is 18.2. The molecule has 3 nitrogen and oxygen atoms in total. The van der Waals surface area contributed by atoms with Crippen molar-refractivity contribution in [2.75, 3.05) is 7.05 Å². The third-order valence-electron chi connectivity index (χ3n) is 11.4. The van der Waals surface area contributed by atoms with Gasteiger partial charge in [0, 0.05) is 29.9 Å². The first-order chi connectivity index (χ1) is 29.1. The Hall–Kier alpha value is -3.19. The van der Waals surface area contributed by atoms with E-state index in [0.717, 1.165) is 77.6 Å². The first-order valence-electron chi connectivity index (χ1n) is 24.9. The van der Waals surface area contributed by atoms with Crippen LogP contribution in [0.1, 0.15) is 225 Å². The largest absolute Gasteiger partial charge is 0.386 e. The van der Waals surface area contributed by atoms with Gasteiger partial charge in [-0.3, -0.25) is 0 Å². The van der Waals surface area contributed by atoms with Crippen LogP contribution in [-0.2, 0) is 5.41 Å². The van der Waals surface area contributed by atoms with Crippen LogP contribution < -0.4 is 16.0 Å². The summed E-state index contributed by atoms with van der Waals surface area (Å²) >= 11 is 0. The van der Waals surface area contributed by atoms with Crippen molar-refractivity contribution in [1.29, 1.82) is 0 Å². The number of benzene rings is 1. The molecule has 0 aromatic heterocycles. The molecule has 0 bridgehead atoms. The van der Waals surface area contributed by atoms with Crippen molar-refractivity contribution < 1.29 is 4.39 Å². The van der Waals surface area contributed by atoms with Crippen molar-refractivity contribution in [1.82, 2.24) is 16.0 Å². The van der Waals surface area contributed by atoms with Gasteiger partial charge in [0.15, 0.2) is 0 Å². The van der Waals surface area contributed by atoms with Crippen LogP contribution in [0.5, 0.6) is 0 Å². The minimum absolute atomic E-state index is 0.00941. The number of hydrogen-bond donors (Lipinski definition) is 3. The summed E-state index contributed by atoms with van der Waals surface area (Å²) in [4.78, 5) is 0. The number of likely N-dealkylation sites (N-methyl/N-ethyl adjacent to an activating group) is 1. The van der Waals surface area contributed by atoms with E-state index in [4.69, 9.17) is 0 Å². The average molecular weight is 865 g/mol. The van der Waals surface area contributed by atoms with E-state index in [1.165, 1.54) is 75.0 Å². The molecule has 0 radical (unpaired) electrons. The minimum atomic E-state index is -0.199. The van der Waals surface area contributed by atoms with Crippen molar-refractivity contribution in [3.8, 4) is 12.8 Å². The van der Waals surface area contributed by atoms with Crippen LogP contribution in [0.2, 0.25) is 0 Å². The number of hydrogen-bond acceptors (Lipinski definition) is 3. The van der Waals surface area contributed by atoms with Gasteiger partial charge < -0.3 is 16.0 Å². The molecule has 1 unspecified atom stereocenters. The Labute approximate surface area is 389 Å². The molecule has 0 heterocycles. The second kappa shape index (κ2) is 38.3. The van der Waals surface area contributed by atoms with E-state index in [0.29, 0.717) is 5.70 Å². The number of allylic oxidation sites excluding steroid dienone is 6. The molecule has 0 amide bonds. The molecule has 1 aliphatic carbocycles. The maximum absolute atomic E-state index is 14.2. The fourth-order valence-electron chi connectivity index (χ4n) is 8.02. The maximum atomic E-state index is 14.2. The van der Waals surface area contributed by atoms with Gasteiger partial charge in [-0.25, -0.2) is 4.39 Å². The summed E-state index contributed by atoms with van der Waals surface area (Å²) in [7, 11) is 1.90. The molecule has 4 heteroatoms. The maximum Gasteiger partial charge on any atom is 0.116 e. The molecule has 2 rings (SSSR count). The lowest BCUT2D eigenvalue weighted by molar-refractivity contribution is 0.233. The molecule has 1 saturated carbocycles. The molecule has 0 aliphatic heterocycles. The summed E-state index contributed by atoms with van der Waals surface area (Å²) in [5.41, 5.74) is 9.11. The van der Waals surface area contributed by atoms with Gasteiger partial charge >= 0.3 is 0 Å². The van der Waals surface area contributed by atoms with Crippen molar-refractivity contribution in [2.45, 2.75) is 227 Å². The molecule has 0 saturated heterocycles. The van der Waals surface area contributed by atoms with Crippen LogP contribution in [0.4, 0.5) is 4.39 Å². The molecule has 1 atom stereocenters. The Morgan fingerprint density at radius 1 is 0.839 bits per heavy atom. The molecular formula is C58H106FN3. The highest BCUT2D eigenvalue weighted by Gasteiger charge is 2.32. The summed E-state index contributed by atoms with van der Waals surface area (Å²) < 4.78 is 14.2. The summed E-state index contributed by atoms with van der Waals surface area (Å²) in [5.74, 6) is 3.78. The fourth-order valence-corrected chi connectivity index (χ4v) is 8.02. The quantitative estimate of drug-likeness (QED) is 0.0655. The molecule has 1 fully saturated rings. The topological polar surface area (TPSA) is 36.1 Å². The summed E-state index contributed by atoms with van der Waals surface area (Å²) in [6.07, 6.45) is 25.7. The van der Waals surface area contributed by atoms with Gasteiger partial charge in [0.05, 0.1) is 11.4 Å². The van der Waals surface area contributed by atoms with E-state index >= 15 is 0 Å². The first-order valence-corrected chi connectivity index (χ1v) is 24.9. The van der Waals surface area contributed by atoms with Gasteiger partial charge in [0.2, 0.25) is 0 Å². The smallest absolute Gasteiger partial charge is 0.116 e. The second-order valence-electron chi connectivity index (χ2n) is 18.8. The number of terminal acetylenes is 1. The zero-order valence-corrected chi connectivity index (χ0v) is 45.2. The van der Waals surface area contributed by atoms with Gasteiger partial charge in [0.1, 0.15) is 5.83 Å². The third kappa shape index (κ3) is 27.1. The number of nitrogens with one attached hydrogen (secondary N) is 3. The van der Waals surface area contributed by atoms with Crippen LogP contribution in [0, 0.1) is 49.4 Å². The van der Waals surface area contributed by atoms with E-state index in [9.17, 15) is 4.39 Å². The highest BCUT2D eigenvalue weighted by atomic mass is 19.1. The number of unbranched alkanes of at least 4 members (excludes halogenated alkanes) is 1. The monoisotopic (exact) mass is 864 g/mol. The van der Waals surface area contributed by atoms with Crippen molar-refractivity contribution in [3.63, 3.8) is 0 Å². The fraction of sp³-hybridized carbons (Fsp3) is 0.690. The Morgan fingerprint density at radius 2 is 1.35 bits per heavy atom. The molecule has 1 aromatic carbocycles. The SMILES string of the molecule is C#C.C=C(/C=C(NC)\C(NC(C)C)=C(/C)N/C(=C(/C)F)C(C)C)c1ccc(C(CCC)(CCC)C(=C)C)c(C)c1.CC.CC1CC(C)C1.CCCC(C)CC.CCCCC(C)C. The minimum Gasteiger partial charge on any atom is -0.386 e. The van der Waals surface area contributed by atoms with Crippen molar-refractivity contribution >= 4 is 5.57 Å². The van der Waals surface area contributed by atoms with Crippen molar-refractivity contribution in [3.05, 3.63) is 88.3 Å². The summed E-state index contributed by atoms with van der Waals surface area (Å²) in [6, 6.07) is 6.91. The van der Waals surface area contributed by atoms with Gasteiger partial charge in [0.25, 0.3) is 0 Å². The molecule has 360 valence electrons. The molecule has 0 spiro atoms. The summed E-state index contributed by atoms with van der Waals surface area (Å²) in [5, 5.41) is 10.2. The highest BCUT2D eigenvalue weighted by Crippen LogP contribution is 2.42. The van der Waals surface area contributed by atoms with E-state index < -0.39 is 0 Å². The van der Waals surface area contributed by atoms with Gasteiger partial charge in [-0.2, -0.15) is 0 Å². The van der Waals surface area contributed by atoms with Crippen LogP contribution in [-0.4, -0.2) is 13.1 Å². The van der Waals surface area contributed by atoms with Gasteiger partial charge in [-0.05, 0) is 125 Å². The average Bonchev–Trinajstić information content (AvgIpc) is 3.21. The van der Waals surface area contributed by atoms with Crippen LogP contribution in [0.3, 0.4) is 0 Å².